The van der Waals surface area contributed by atoms with Crippen LogP contribution in [0, 0.1) is 0 Å². The minimum Gasteiger partial charge on any atom is -0.493 e. The van der Waals surface area contributed by atoms with Gasteiger partial charge in [-0.3, -0.25) is 20.4 Å². The van der Waals surface area contributed by atoms with Crippen molar-refractivity contribution in [2.45, 2.75) is 39.7 Å². The van der Waals surface area contributed by atoms with Crippen molar-refractivity contribution in [3.8, 4) is 17.2 Å². The fourth-order valence-electron chi connectivity index (χ4n) is 3.21. The lowest BCUT2D eigenvalue weighted by Crippen LogP contribution is -2.43. The number of hydrogen-bond acceptors (Lipinski definition) is 5. The fraction of sp³-hybridized carbons (Fsp3) is 0.333. The molecule has 0 bridgehead atoms. The lowest BCUT2D eigenvalue weighted by Gasteiger charge is -2.10. The molecule has 1 heterocycles. The van der Waals surface area contributed by atoms with Crippen LogP contribution in [0.5, 0.6) is 17.2 Å². The molecule has 7 nitrogen and oxygen atoms in total. The number of rotatable bonds is 8. The number of carbonyl (C=O) groups excluding carboxylic acids is 2. The highest BCUT2D eigenvalue weighted by Gasteiger charge is 2.21. The van der Waals surface area contributed by atoms with Crippen molar-refractivity contribution < 1.29 is 23.8 Å². The van der Waals surface area contributed by atoms with Gasteiger partial charge in [0.1, 0.15) is 23.4 Å². The molecule has 0 fully saturated rings. The van der Waals surface area contributed by atoms with Gasteiger partial charge < -0.3 is 14.2 Å². The molecule has 0 aliphatic carbocycles. The first-order chi connectivity index (χ1) is 15.0. The van der Waals surface area contributed by atoms with E-state index in [1.165, 1.54) is 11.6 Å². The highest BCUT2D eigenvalue weighted by Crippen LogP contribution is 2.35. The van der Waals surface area contributed by atoms with Crippen molar-refractivity contribution in [1.82, 2.24) is 10.9 Å². The maximum absolute atomic E-state index is 12.1. The molecular weight excluding hydrogens is 396 g/mol. The number of aryl methyl sites for hydroxylation is 1. The van der Waals surface area contributed by atoms with Crippen molar-refractivity contribution >= 4 is 17.9 Å². The average molecular weight is 424 g/mol. The topological polar surface area (TPSA) is 85.9 Å². The molecule has 0 unspecified atom stereocenters. The van der Waals surface area contributed by atoms with E-state index in [0.29, 0.717) is 18.1 Å². The second-order valence-electron chi connectivity index (χ2n) is 7.22. The number of hydrazine groups is 1. The minimum atomic E-state index is -0.474. The highest BCUT2D eigenvalue weighted by atomic mass is 16.5. The Morgan fingerprint density at radius 1 is 1.13 bits per heavy atom. The number of fused-ring (bicyclic) bond motifs is 1. The summed E-state index contributed by atoms with van der Waals surface area (Å²) in [5.74, 6) is 1.15. The summed E-state index contributed by atoms with van der Waals surface area (Å²) in [6.07, 6.45) is 4.84. The van der Waals surface area contributed by atoms with E-state index >= 15 is 0 Å². The van der Waals surface area contributed by atoms with E-state index < -0.39 is 11.8 Å². The van der Waals surface area contributed by atoms with Crippen LogP contribution in [-0.2, 0) is 22.4 Å². The van der Waals surface area contributed by atoms with Crippen LogP contribution in [0.15, 0.2) is 42.5 Å². The molecule has 0 spiro atoms. The molecule has 1 aliphatic heterocycles. The van der Waals surface area contributed by atoms with Crippen molar-refractivity contribution in [2.75, 3.05) is 13.2 Å². The van der Waals surface area contributed by atoms with E-state index in [9.17, 15) is 9.59 Å². The van der Waals surface area contributed by atoms with Gasteiger partial charge in [0.05, 0.1) is 6.61 Å². The standard InChI is InChI=1S/C24H28N2O5/c1-4-17-6-9-20(10-7-17)30-15-24(28)26-25-23(27)11-8-18-13-22-19(12-16(3)31-22)14-21(18)29-5-2/h6-11,13-14,16H,4-5,12,15H2,1-3H3,(H,25,27)(H,26,28)/b11-8+/t16-/m1/s1. The van der Waals surface area contributed by atoms with Gasteiger partial charge in [0.2, 0.25) is 0 Å². The Balaban J connectivity index is 1.51. The van der Waals surface area contributed by atoms with Gasteiger partial charge in [-0.2, -0.15) is 0 Å². The average Bonchev–Trinajstić information content (AvgIpc) is 3.13. The molecule has 1 atom stereocenters. The third-order valence-electron chi connectivity index (χ3n) is 4.77. The maximum Gasteiger partial charge on any atom is 0.276 e. The zero-order chi connectivity index (χ0) is 22.2. The number of nitrogens with one attached hydrogen (secondary N) is 2. The smallest absolute Gasteiger partial charge is 0.276 e. The summed E-state index contributed by atoms with van der Waals surface area (Å²) < 4.78 is 16.9. The Kier molecular flexibility index (Phi) is 7.54. The van der Waals surface area contributed by atoms with Crippen LogP contribution < -0.4 is 25.1 Å². The second-order valence-corrected chi connectivity index (χ2v) is 7.22. The Bertz CT molecular complexity index is 953. The molecule has 2 aromatic rings. The van der Waals surface area contributed by atoms with Crippen LogP contribution in [0.1, 0.15) is 37.5 Å². The summed E-state index contributed by atoms with van der Waals surface area (Å²) in [6, 6.07) is 11.3. The summed E-state index contributed by atoms with van der Waals surface area (Å²) in [4.78, 5) is 24.0. The maximum atomic E-state index is 12.1. The summed E-state index contributed by atoms with van der Waals surface area (Å²) in [6.45, 7) is 6.29. The summed E-state index contributed by atoms with van der Waals surface area (Å²) >= 11 is 0. The van der Waals surface area contributed by atoms with E-state index in [2.05, 4.69) is 17.8 Å². The molecule has 0 aromatic heterocycles. The molecular formula is C24H28N2O5. The Morgan fingerprint density at radius 2 is 1.90 bits per heavy atom. The first kappa shape index (κ1) is 22.2. The van der Waals surface area contributed by atoms with Gasteiger partial charge in [-0.1, -0.05) is 19.1 Å². The van der Waals surface area contributed by atoms with Crippen LogP contribution in [0.2, 0.25) is 0 Å². The SMILES string of the molecule is CCOc1cc2c(cc1/C=C/C(=O)NNC(=O)COc1ccc(CC)cc1)O[C@H](C)C2. The highest BCUT2D eigenvalue weighted by molar-refractivity contribution is 5.93. The van der Waals surface area contributed by atoms with Gasteiger partial charge >= 0.3 is 0 Å². The number of ether oxygens (including phenoxy) is 3. The van der Waals surface area contributed by atoms with E-state index in [-0.39, 0.29) is 12.7 Å². The molecule has 0 radical (unpaired) electrons. The molecule has 0 saturated heterocycles. The van der Waals surface area contributed by atoms with E-state index in [1.807, 2.05) is 50.2 Å². The number of benzene rings is 2. The molecule has 2 aromatic carbocycles. The Morgan fingerprint density at radius 3 is 2.61 bits per heavy atom. The van der Waals surface area contributed by atoms with Crippen LogP contribution in [0.3, 0.4) is 0 Å². The van der Waals surface area contributed by atoms with Gasteiger partial charge in [-0.15, -0.1) is 0 Å². The molecule has 7 heteroatoms. The van der Waals surface area contributed by atoms with Crippen LogP contribution in [-0.4, -0.2) is 31.1 Å². The lowest BCUT2D eigenvalue weighted by atomic mass is 10.1. The quantitative estimate of drug-likeness (QED) is 0.502. The van der Waals surface area contributed by atoms with Gasteiger partial charge in [-0.05, 0) is 56.2 Å². The summed E-state index contributed by atoms with van der Waals surface area (Å²) in [5, 5.41) is 0. The normalized spacial score (nSPS) is 14.6. The molecule has 3 rings (SSSR count). The number of amides is 2. The Hall–Kier alpha value is -3.48. The van der Waals surface area contributed by atoms with Crippen molar-refractivity contribution in [3.05, 3.63) is 59.2 Å². The number of carbonyl (C=O) groups is 2. The fourth-order valence-corrected chi connectivity index (χ4v) is 3.21. The van der Waals surface area contributed by atoms with Gasteiger partial charge in [0.15, 0.2) is 6.61 Å². The molecule has 164 valence electrons. The third kappa shape index (κ3) is 6.25. The number of hydrogen-bond donors (Lipinski definition) is 2. The molecule has 0 saturated carbocycles. The minimum absolute atomic E-state index is 0.119. The largest absolute Gasteiger partial charge is 0.493 e. The summed E-state index contributed by atoms with van der Waals surface area (Å²) in [5.41, 5.74) is 7.68. The predicted octanol–water partition coefficient (Wildman–Crippen LogP) is 3.21. The zero-order valence-corrected chi connectivity index (χ0v) is 18.1. The van der Waals surface area contributed by atoms with Crippen molar-refractivity contribution in [1.29, 1.82) is 0 Å². The molecule has 2 amide bonds. The molecule has 2 N–H and O–H groups in total. The van der Waals surface area contributed by atoms with Gasteiger partial charge in [0, 0.05) is 23.6 Å². The van der Waals surface area contributed by atoms with E-state index in [0.717, 1.165) is 29.7 Å². The zero-order valence-electron chi connectivity index (χ0n) is 18.1. The Labute approximate surface area is 182 Å². The predicted molar refractivity (Wildman–Crippen MR) is 118 cm³/mol. The second kappa shape index (κ2) is 10.5. The first-order valence-electron chi connectivity index (χ1n) is 10.4. The van der Waals surface area contributed by atoms with E-state index in [4.69, 9.17) is 14.2 Å². The lowest BCUT2D eigenvalue weighted by molar-refractivity contribution is -0.128. The van der Waals surface area contributed by atoms with Crippen molar-refractivity contribution in [3.63, 3.8) is 0 Å². The van der Waals surface area contributed by atoms with Crippen LogP contribution in [0.4, 0.5) is 0 Å². The van der Waals surface area contributed by atoms with E-state index in [1.54, 1.807) is 6.08 Å². The van der Waals surface area contributed by atoms with Crippen molar-refractivity contribution in [2.24, 2.45) is 0 Å². The van der Waals surface area contributed by atoms with Gasteiger partial charge in [-0.25, -0.2) is 0 Å². The van der Waals surface area contributed by atoms with Crippen LogP contribution in [0.25, 0.3) is 6.08 Å². The molecule has 1 aliphatic rings. The molecule has 31 heavy (non-hydrogen) atoms. The monoisotopic (exact) mass is 424 g/mol. The van der Waals surface area contributed by atoms with Crippen LogP contribution >= 0.6 is 0 Å². The third-order valence-corrected chi connectivity index (χ3v) is 4.77. The summed E-state index contributed by atoms with van der Waals surface area (Å²) in [7, 11) is 0. The first-order valence-corrected chi connectivity index (χ1v) is 10.4. The van der Waals surface area contributed by atoms with Gasteiger partial charge in [0.25, 0.3) is 11.8 Å².